The summed E-state index contributed by atoms with van der Waals surface area (Å²) >= 11 is 0. The Morgan fingerprint density at radius 1 is 1.15 bits per heavy atom. The zero-order valence-corrected chi connectivity index (χ0v) is 12.6. The van der Waals surface area contributed by atoms with Crippen molar-refractivity contribution in [3.8, 4) is 0 Å². The number of nitrogens with zero attached hydrogens (tertiary/aromatic N) is 2. The van der Waals surface area contributed by atoms with Gasteiger partial charge in [-0.2, -0.15) is 5.10 Å². The summed E-state index contributed by atoms with van der Waals surface area (Å²) in [7, 11) is 0. The van der Waals surface area contributed by atoms with E-state index >= 15 is 0 Å². The Kier molecular flexibility index (Phi) is 3.55. The van der Waals surface area contributed by atoms with E-state index < -0.39 is 0 Å². The van der Waals surface area contributed by atoms with Gasteiger partial charge in [0, 0.05) is 17.5 Å². The van der Waals surface area contributed by atoms with Gasteiger partial charge >= 0.3 is 0 Å². The van der Waals surface area contributed by atoms with Crippen LogP contribution in [0.5, 0.6) is 0 Å². The average molecular weight is 271 g/mol. The number of anilines is 1. The van der Waals surface area contributed by atoms with Crippen LogP contribution in [0.15, 0.2) is 29.4 Å². The van der Waals surface area contributed by atoms with E-state index in [1.165, 1.54) is 43.4 Å². The Morgan fingerprint density at radius 2 is 1.80 bits per heavy atom. The summed E-state index contributed by atoms with van der Waals surface area (Å²) in [5.41, 5.74) is 10.3. The minimum atomic E-state index is -0.00791. The second-order valence-corrected chi connectivity index (χ2v) is 6.62. The summed E-state index contributed by atoms with van der Waals surface area (Å²) in [4.78, 5) is 0. The van der Waals surface area contributed by atoms with Crippen molar-refractivity contribution in [2.24, 2.45) is 16.3 Å². The third-order valence-corrected chi connectivity index (χ3v) is 4.90. The number of aryl methyl sites for hydroxylation is 1. The summed E-state index contributed by atoms with van der Waals surface area (Å²) in [6.07, 6.45) is 7.46. The molecule has 1 aliphatic heterocycles. The number of hydrogen-bond acceptors (Lipinski definition) is 3. The van der Waals surface area contributed by atoms with Gasteiger partial charge in [-0.3, -0.25) is 0 Å². The first-order chi connectivity index (χ1) is 9.58. The number of hydrazone groups is 1. The molecule has 3 rings (SSSR count). The molecule has 1 aromatic rings. The van der Waals surface area contributed by atoms with E-state index in [2.05, 4.69) is 38.1 Å². The van der Waals surface area contributed by atoms with Crippen molar-refractivity contribution in [3.63, 3.8) is 0 Å². The van der Waals surface area contributed by atoms with Crippen molar-refractivity contribution in [3.05, 3.63) is 29.8 Å². The van der Waals surface area contributed by atoms with Gasteiger partial charge in [0.05, 0.1) is 5.69 Å². The van der Waals surface area contributed by atoms with Crippen molar-refractivity contribution >= 4 is 11.4 Å². The highest BCUT2D eigenvalue weighted by Crippen LogP contribution is 2.40. The summed E-state index contributed by atoms with van der Waals surface area (Å²) in [6, 6.07) is 8.48. The fourth-order valence-electron chi connectivity index (χ4n) is 3.46. The second-order valence-electron chi connectivity index (χ2n) is 6.62. The van der Waals surface area contributed by atoms with Gasteiger partial charge in [-0.15, -0.1) is 0 Å². The van der Waals surface area contributed by atoms with E-state index in [4.69, 9.17) is 10.8 Å². The maximum atomic E-state index is 6.32. The highest BCUT2D eigenvalue weighted by atomic mass is 15.5. The normalized spacial score (nSPS) is 25.6. The van der Waals surface area contributed by atoms with Gasteiger partial charge in [-0.25, -0.2) is 5.01 Å². The van der Waals surface area contributed by atoms with Crippen LogP contribution in [0.2, 0.25) is 0 Å². The smallest absolute Gasteiger partial charge is 0.105 e. The molecule has 1 saturated carbocycles. The molecule has 1 atom stereocenters. The number of hydrogen-bond donors (Lipinski definition) is 1. The van der Waals surface area contributed by atoms with Gasteiger partial charge in [-0.1, -0.05) is 43.9 Å². The molecule has 3 nitrogen and oxygen atoms in total. The number of rotatable bonds is 2. The number of benzene rings is 1. The third-order valence-electron chi connectivity index (χ3n) is 4.90. The van der Waals surface area contributed by atoms with Crippen molar-refractivity contribution in [2.45, 2.75) is 58.5 Å². The molecular formula is C17H25N3. The van der Waals surface area contributed by atoms with Crippen LogP contribution in [0.25, 0.3) is 0 Å². The molecule has 2 aliphatic rings. The Morgan fingerprint density at radius 3 is 2.45 bits per heavy atom. The lowest BCUT2D eigenvalue weighted by atomic mass is 9.71. The van der Waals surface area contributed by atoms with Crippen LogP contribution in [-0.4, -0.2) is 11.9 Å². The predicted octanol–water partition coefficient (Wildman–Crippen LogP) is 3.82. The molecule has 1 fully saturated rings. The molecule has 0 aromatic heterocycles. The summed E-state index contributed by atoms with van der Waals surface area (Å²) in [5, 5.41) is 6.90. The molecule has 0 radical (unpaired) electrons. The van der Waals surface area contributed by atoms with Crippen LogP contribution in [0.1, 0.15) is 51.0 Å². The summed E-state index contributed by atoms with van der Waals surface area (Å²) in [6.45, 7) is 4.47. The molecule has 3 heteroatoms. The fraction of sp³-hybridized carbons (Fsp3) is 0.588. The lowest BCUT2D eigenvalue weighted by Gasteiger charge is -2.33. The molecule has 108 valence electrons. The van der Waals surface area contributed by atoms with Gasteiger partial charge in [0.15, 0.2) is 0 Å². The van der Waals surface area contributed by atoms with E-state index in [0.717, 1.165) is 12.1 Å². The summed E-state index contributed by atoms with van der Waals surface area (Å²) < 4.78 is 0. The molecule has 0 amide bonds. The zero-order chi connectivity index (χ0) is 14.2. The van der Waals surface area contributed by atoms with Gasteiger partial charge in [0.1, 0.15) is 6.17 Å². The van der Waals surface area contributed by atoms with E-state index in [-0.39, 0.29) is 11.6 Å². The van der Waals surface area contributed by atoms with Gasteiger partial charge < -0.3 is 5.73 Å². The van der Waals surface area contributed by atoms with E-state index in [0.29, 0.717) is 0 Å². The Bertz CT molecular complexity index is 497. The Hall–Kier alpha value is -1.35. The molecule has 0 spiro atoms. The van der Waals surface area contributed by atoms with Crippen LogP contribution in [0.4, 0.5) is 5.69 Å². The largest absolute Gasteiger partial charge is 0.309 e. The minimum Gasteiger partial charge on any atom is -0.309 e. The van der Waals surface area contributed by atoms with Crippen molar-refractivity contribution in [2.75, 3.05) is 5.01 Å². The standard InChI is InChI=1S/C17H25N3/c1-13-6-8-14(9-7-13)20-16(18)12-15(19-20)17(2)10-4-3-5-11-17/h6-9,16H,3-5,10-12,18H2,1-2H3. The van der Waals surface area contributed by atoms with Crippen LogP contribution in [0, 0.1) is 12.3 Å². The van der Waals surface area contributed by atoms with Crippen molar-refractivity contribution in [1.29, 1.82) is 0 Å². The van der Waals surface area contributed by atoms with Gasteiger partial charge in [0.2, 0.25) is 0 Å². The van der Waals surface area contributed by atoms with E-state index in [1.54, 1.807) is 0 Å². The fourth-order valence-corrected chi connectivity index (χ4v) is 3.46. The minimum absolute atomic E-state index is 0.00791. The van der Waals surface area contributed by atoms with Gasteiger partial charge in [-0.05, 0) is 31.9 Å². The van der Waals surface area contributed by atoms with Crippen LogP contribution >= 0.6 is 0 Å². The molecule has 20 heavy (non-hydrogen) atoms. The van der Waals surface area contributed by atoms with Crippen molar-refractivity contribution < 1.29 is 0 Å². The average Bonchev–Trinajstić information content (AvgIpc) is 2.83. The third kappa shape index (κ3) is 2.47. The first kappa shape index (κ1) is 13.6. The molecule has 2 N–H and O–H groups in total. The second kappa shape index (κ2) is 5.21. The Balaban J connectivity index is 1.84. The molecule has 1 aromatic carbocycles. The molecule has 1 heterocycles. The van der Waals surface area contributed by atoms with Crippen molar-refractivity contribution in [1.82, 2.24) is 0 Å². The molecular weight excluding hydrogens is 246 g/mol. The quantitative estimate of drug-likeness (QED) is 0.888. The topological polar surface area (TPSA) is 41.6 Å². The van der Waals surface area contributed by atoms with Gasteiger partial charge in [0.25, 0.3) is 0 Å². The maximum absolute atomic E-state index is 6.32. The highest BCUT2D eigenvalue weighted by Gasteiger charge is 2.38. The lowest BCUT2D eigenvalue weighted by Crippen LogP contribution is -2.35. The maximum Gasteiger partial charge on any atom is 0.105 e. The van der Waals surface area contributed by atoms with Crippen LogP contribution in [-0.2, 0) is 0 Å². The van der Waals surface area contributed by atoms with Crippen LogP contribution in [0.3, 0.4) is 0 Å². The van der Waals surface area contributed by atoms with E-state index in [1.807, 2.05) is 5.01 Å². The first-order valence-corrected chi connectivity index (χ1v) is 7.78. The monoisotopic (exact) mass is 271 g/mol. The molecule has 1 unspecified atom stereocenters. The summed E-state index contributed by atoms with van der Waals surface area (Å²) in [5.74, 6) is 0. The van der Waals surface area contributed by atoms with Crippen LogP contribution < -0.4 is 10.7 Å². The highest BCUT2D eigenvalue weighted by molar-refractivity contribution is 5.93. The Labute approximate surface area is 121 Å². The molecule has 0 saturated heterocycles. The first-order valence-electron chi connectivity index (χ1n) is 7.78. The SMILES string of the molecule is Cc1ccc(N2N=C(C3(C)CCCCC3)CC2N)cc1. The van der Waals surface area contributed by atoms with E-state index in [9.17, 15) is 0 Å². The number of nitrogens with two attached hydrogens (primary N) is 1. The lowest BCUT2D eigenvalue weighted by molar-refractivity contribution is 0.309. The molecule has 0 bridgehead atoms. The predicted molar refractivity (Wildman–Crippen MR) is 84.9 cm³/mol. The molecule has 1 aliphatic carbocycles. The zero-order valence-electron chi connectivity index (χ0n) is 12.6.